The Balaban J connectivity index is 1.45. The Hall–Kier alpha value is -0.850. The van der Waals surface area contributed by atoms with Crippen LogP contribution in [-0.2, 0) is 4.74 Å². The van der Waals surface area contributed by atoms with Crippen molar-refractivity contribution in [2.75, 3.05) is 66.6 Å². The van der Waals surface area contributed by atoms with Gasteiger partial charge in [-0.15, -0.1) is 0 Å². The summed E-state index contributed by atoms with van der Waals surface area (Å²) in [7, 11) is 4.13. The first kappa shape index (κ1) is 20.9. The highest BCUT2D eigenvalue weighted by atomic mass is 16.5. The van der Waals surface area contributed by atoms with E-state index in [1.165, 1.54) is 64.5 Å². The zero-order valence-electron chi connectivity index (χ0n) is 17.6. The summed E-state index contributed by atoms with van der Waals surface area (Å²) in [6.45, 7) is 8.43. The Labute approximate surface area is 166 Å². The lowest BCUT2D eigenvalue weighted by Crippen LogP contribution is -2.60. The van der Waals surface area contributed by atoms with Crippen LogP contribution in [0.2, 0.25) is 0 Å². The van der Waals surface area contributed by atoms with E-state index in [1.807, 2.05) is 7.05 Å². The third-order valence-corrected chi connectivity index (χ3v) is 6.96. The average Bonchev–Trinajstić information content (AvgIpc) is 2.73. The van der Waals surface area contributed by atoms with Gasteiger partial charge in [-0.3, -0.25) is 9.89 Å². The number of likely N-dealkylation sites (tertiary alicyclic amines) is 1. The number of aliphatic imine (C=N–C) groups is 1. The highest BCUT2D eigenvalue weighted by molar-refractivity contribution is 5.79. The fraction of sp³-hybridized carbons (Fsp3) is 0.952. The van der Waals surface area contributed by atoms with Crippen LogP contribution in [0.3, 0.4) is 0 Å². The molecule has 2 N–H and O–H groups in total. The van der Waals surface area contributed by atoms with Crippen LogP contribution in [0, 0.1) is 5.92 Å². The molecule has 0 amide bonds. The van der Waals surface area contributed by atoms with Crippen molar-refractivity contribution in [3.8, 4) is 0 Å². The van der Waals surface area contributed by atoms with Crippen molar-refractivity contribution < 1.29 is 4.74 Å². The standard InChI is InChI=1S/C21H41N5O/c1-22-20(23-11-6-19-7-12-25(2)13-8-19)24-18-21(9-4-3-5-10-21)26-14-16-27-17-15-26/h19H,3-18H2,1-2H3,(H2,22,23,24). The van der Waals surface area contributed by atoms with Crippen molar-refractivity contribution in [3.63, 3.8) is 0 Å². The molecule has 6 heteroatoms. The molecule has 0 aromatic heterocycles. The van der Waals surface area contributed by atoms with Crippen molar-refractivity contribution in [3.05, 3.63) is 0 Å². The lowest BCUT2D eigenvalue weighted by molar-refractivity contribution is -0.0352. The van der Waals surface area contributed by atoms with E-state index in [2.05, 4.69) is 32.5 Å². The molecule has 2 saturated heterocycles. The Bertz CT molecular complexity index is 449. The molecule has 6 nitrogen and oxygen atoms in total. The average molecular weight is 380 g/mol. The van der Waals surface area contributed by atoms with Gasteiger partial charge < -0.3 is 20.3 Å². The molecule has 2 aliphatic heterocycles. The molecule has 0 aromatic rings. The summed E-state index contributed by atoms with van der Waals surface area (Å²) in [4.78, 5) is 9.62. The van der Waals surface area contributed by atoms with Gasteiger partial charge in [0.15, 0.2) is 5.96 Å². The lowest BCUT2D eigenvalue weighted by atomic mass is 9.80. The van der Waals surface area contributed by atoms with E-state index in [9.17, 15) is 0 Å². The van der Waals surface area contributed by atoms with Crippen LogP contribution in [0.4, 0.5) is 0 Å². The van der Waals surface area contributed by atoms with Crippen LogP contribution < -0.4 is 10.6 Å². The van der Waals surface area contributed by atoms with Crippen LogP contribution in [0.15, 0.2) is 4.99 Å². The molecule has 2 heterocycles. The Kier molecular flexibility index (Phi) is 8.22. The van der Waals surface area contributed by atoms with Gasteiger partial charge >= 0.3 is 0 Å². The molecule has 3 fully saturated rings. The molecule has 0 aromatic carbocycles. The molecule has 0 atom stereocenters. The Morgan fingerprint density at radius 3 is 2.41 bits per heavy atom. The Morgan fingerprint density at radius 2 is 1.74 bits per heavy atom. The van der Waals surface area contributed by atoms with Gasteiger partial charge in [0.25, 0.3) is 0 Å². The number of hydrogen-bond acceptors (Lipinski definition) is 4. The minimum atomic E-state index is 0.285. The van der Waals surface area contributed by atoms with E-state index < -0.39 is 0 Å². The number of piperidine rings is 1. The van der Waals surface area contributed by atoms with Crippen LogP contribution in [0.25, 0.3) is 0 Å². The summed E-state index contributed by atoms with van der Waals surface area (Å²) in [5, 5.41) is 7.24. The monoisotopic (exact) mass is 379 g/mol. The third-order valence-electron chi connectivity index (χ3n) is 6.96. The van der Waals surface area contributed by atoms with E-state index in [0.717, 1.165) is 51.3 Å². The minimum absolute atomic E-state index is 0.285. The van der Waals surface area contributed by atoms with E-state index in [1.54, 1.807) is 0 Å². The summed E-state index contributed by atoms with van der Waals surface area (Å²) < 4.78 is 5.60. The smallest absolute Gasteiger partial charge is 0.191 e. The molecule has 156 valence electrons. The van der Waals surface area contributed by atoms with Gasteiger partial charge in [0.2, 0.25) is 0 Å². The molecule has 1 saturated carbocycles. The number of hydrogen-bond donors (Lipinski definition) is 2. The number of nitrogens with one attached hydrogen (secondary N) is 2. The van der Waals surface area contributed by atoms with Gasteiger partial charge in [-0.1, -0.05) is 19.3 Å². The van der Waals surface area contributed by atoms with Crippen molar-refractivity contribution in [1.29, 1.82) is 0 Å². The van der Waals surface area contributed by atoms with E-state index in [4.69, 9.17) is 4.74 Å². The van der Waals surface area contributed by atoms with Gasteiger partial charge in [0.1, 0.15) is 0 Å². The molecule has 0 bridgehead atoms. The maximum atomic E-state index is 5.60. The fourth-order valence-corrected chi connectivity index (χ4v) is 5.07. The predicted octanol–water partition coefficient (Wildman–Crippen LogP) is 1.92. The van der Waals surface area contributed by atoms with Crippen LogP contribution in [-0.4, -0.2) is 87.9 Å². The molecule has 27 heavy (non-hydrogen) atoms. The van der Waals surface area contributed by atoms with Gasteiger partial charge in [-0.05, 0) is 58.2 Å². The third kappa shape index (κ3) is 6.06. The zero-order chi connectivity index (χ0) is 19.0. The molecule has 0 spiro atoms. The molecule has 3 rings (SSSR count). The summed E-state index contributed by atoms with van der Waals surface area (Å²) in [5.74, 6) is 1.84. The summed E-state index contributed by atoms with van der Waals surface area (Å²) >= 11 is 0. The quantitative estimate of drug-likeness (QED) is 0.545. The summed E-state index contributed by atoms with van der Waals surface area (Å²) in [6.07, 6.45) is 10.6. The first-order valence-corrected chi connectivity index (χ1v) is 11.2. The van der Waals surface area contributed by atoms with E-state index >= 15 is 0 Å². The maximum absolute atomic E-state index is 5.60. The normalized spacial score (nSPS) is 26.1. The van der Waals surface area contributed by atoms with Gasteiger partial charge in [-0.25, -0.2) is 0 Å². The molecule has 0 radical (unpaired) electrons. The van der Waals surface area contributed by atoms with Crippen molar-refractivity contribution >= 4 is 5.96 Å². The van der Waals surface area contributed by atoms with Gasteiger partial charge in [-0.2, -0.15) is 0 Å². The highest BCUT2D eigenvalue weighted by Gasteiger charge is 2.38. The zero-order valence-corrected chi connectivity index (χ0v) is 17.6. The maximum Gasteiger partial charge on any atom is 0.191 e. The minimum Gasteiger partial charge on any atom is -0.379 e. The lowest BCUT2D eigenvalue weighted by Gasteiger charge is -2.48. The van der Waals surface area contributed by atoms with Crippen LogP contribution in [0.5, 0.6) is 0 Å². The Morgan fingerprint density at radius 1 is 1.04 bits per heavy atom. The number of nitrogens with zero attached hydrogens (tertiary/aromatic N) is 3. The number of morpholine rings is 1. The number of rotatable bonds is 6. The van der Waals surface area contributed by atoms with Crippen molar-refractivity contribution in [2.45, 2.75) is 56.9 Å². The molecular weight excluding hydrogens is 338 g/mol. The largest absolute Gasteiger partial charge is 0.379 e. The number of ether oxygens (including phenoxy) is 1. The first-order chi connectivity index (χ1) is 13.2. The van der Waals surface area contributed by atoms with Crippen LogP contribution >= 0.6 is 0 Å². The van der Waals surface area contributed by atoms with Crippen molar-refractivity contribution in [1.82, 2.24) is 20.4 Å². The highest BCUT2D eigenvalue weighted by Crippen LogP contribution is 2.33. The summed E-state index contributed by atoms with van der Waals surface area (Å²) in [6, 6.07) is 0. The molecular formula is C21H41N5O. The fourth-order valence-electron chi connectivity index (χ4n) is 5.07. The van der Waals surface area contributed by atoms with E-state index in [-0.39, 0.29) is 5.54 Å². The summed E-state index contributed by atoms with van der Waals surface area (Å²) in [5.41, 5.74) is 0.285. The predicted molar refractivity (Wildman–Crippen MR) is 112 cm³/mol. The second-order valence-corrected chi connectivity index (χ2v) is 8.77. The first-order valence-electron chi connectivity index (χ1n) is 11.2. The SMILES string of the molecule is CN=C(NCCC1CCN(C)CC1)NCC1(N2CCOCC2)CCCCC1. The van der Waals surface area contributed by atoms with Crippen molar-refractivity contribution in [2.24, 2.45) is 10.9 Å². The second-order valence-electron chi connectivity index (χ2n) is 8.77. The van der Waals surface area contributed by atoms with Gasteiger partial charge in [0, 0.05) is 38.8 Å². The van der Waals surface area contributed by atoms with Gasteiger partial charge in [0.05, 0.1) is 13.2 Å². The van der Waals surface area contributed by atoms with E-state index in [0.29, 0.717) is 0 Å². The molecule has 3 aliphatic rings. The molecule has 1 aliphatic carbocycles. The second kappa shape index (κ2) is 10.6. The number of guanidine groups is 1. The topological polar surface area (TPSA) is 52.1 Å². The van der Waals surface area contributed by atoms with Crippen LogP contribution in [0.1, 0.15) is 51.4 Å². The molecule has 0 unspecified atom stereocenters.